The number of anilines is 1. The lowest BCUT2D eigenvalue weighted by Crippen LogP contribution is -2.41. The number of hydrogen-bond acceptors (Lipinski definition) is 4. The SMILES string of the molecule is CN(CC(=O)O)C(=O)CCN1C(=O)COc2ccccc21. The lowest BCUT2D eigenvalue weighted by atomic mass is 10.2. The Hall–Kier alpha value is -2.57. The predicted molar refractivity (Wildman–Crippen MR) is 74.2 cm³/mol. The maximum Gasteiger partial charge on any atom is 0.323 e. The molecule has 1 aromatic rings. The van der Waals surface area contributed by atoms with Crippen LogP contribution in [0.4, 0.5) is 5.69 Å². The van der Waals surface area contributed by atoms with Crippen molar-refractivity contribution in [3.05, 3.63) is 24.3 Å². The summed E-state index contributed by atoms with van der Waals surface area (Å²) in [4.78, 5) is 36.9. The van der Waals surface area contributed by atoms with E-state index in [0.717, 1.165) is 4.90 Å². The molecular formula is C14H16N2O5. The Bertz CT molecular complexity index is 572. The van der Waals surface area contributed by atoms with E-state index in [1.165, 1.54) is 11.9 Å². The highest BCUT2D eigenvalue weighted by Gasteiger charge is 2.25. The number of amides is 2. The number of ether oxygens (including phenoxy) is 1. The van der Waals surface area contributed by atoms with E-state index in [0.29, 0.717) is 11.4 Å². The van der Waals surface area contributed by atoms with Crippen LogP contribution in [-0.4, -0.2) is 54.5 Å². The van der Waals surface area contributed by atoms with E-state index in [1.807, 2.05) is 0 Å². The van der Waals surface area contributed by atoms with Gasteiger partial charge >= 0.3 is 5.97 Å². The Morgan fingerprint density at radius 2 is 2.10 bits per heavy atom. The molecule has 0 fully saturated rings. The average molecular weight is 292 g/mol. The van der Waals surface area contributed by atoms with Crippen molar-refractivity contribution in [2.24, 2.45) is 0 Å². The zero-order valence-electron chi connectivity index (χ0n) is 11.6. The van der Waals surface area contributed by atoms with Gasteiger partial charge in [-0.05, 0) is 12.1 Å². The molecule has 1 heterocycles. The van der Waals surface area contributed by atoms with E-state index >= 15 is 0 Å². The molecule has 7 nitrogen and oxygen atoms in total. The first-order valence-corrected chi connectivity index (χ1v) is 6.47. The van der Waals surface area contributed by atoms with Gasteiger partial charge in [0.15, 0.2) is 6.61 Å². The largest absolute Gasteiger partial charge is 0.482 e. The van der Waals surface area contributed by atoms with Crippen LogP contribution < -0.4 is 9.64 Å². The number of fused-ring (bicyclic) bond motifs is 1. The van der Waals surface area contributed by atoms with Crippen molar-refractivity contribution in [2.45, 2.75) is 6.42 Å². The van der Waals surface area contributed by atoms with Crippen molar-refractivity contribution in [1.82, 2.24) is 4.90 Å². The normalized spacial score (nSPS) is 13.4. The molecule has 1 N–H and O–H groups in total. The molecule has 0 aromatic heterocycles. The zero-order chi connectivity index (χ0) is 15.4. The molecule has 0 saturated carbocycles. The van der Waals surface area contributed by atoms with Crippen LogP contribution in [0.1, 0.15) is 6.42 Å². The second-order valence-electron chi connectivity index (χ2n) is 4.70. The van der Waals surface area contributed by atoms with Crippen molar-refractivity contribution in [2.75, 3.05) is 31.6 Å². The Labute approximate surface area is 121 Å². The Kier molecular flexibility index (Phi) is 4.42. The first-order valence-electron chi connectivity index (χ1n) is 6.47. The lowest BCUT2D eigenvalue weighted by Gasteiger charge is -2.29. The summed E-state index contributed by atoms with van der Waals surface area (Å²) in [6.45, 7) is -0.218. The van der Waals surface area contributed by atoms with Gasteiger partial charge in [-0.1, -0.05) is 12.1 Å². The summed E-state index contributed by atoms with van der Waals surface area (Å²) in [5, 5.41) is 8.65. The molecule has 112 valence electrons. The molecule has 0 aliphatic carbocycles. The summed E-state index contributed by atoms with van der Waals surface area (Å²) in [7, 11) is 1.42. The fourth-order valence-electron chi connectivity index (χ4n) is 2.09. The molecule has 0 spiro atoms. The maximum absolute atomic E-state index is 11.9. The third-order valence-corrected chi connectivity index (χ3v) is 3.16. The number of rotatable bonds is 5. The first kappa shape index (κ1) is 14.8. The minimum absolute atomic E-state index is 0.0594. The van der Waals surface area contributed by atoms with Crippen LogP contribution in [0.3, 0.4) is 0 Å². The van der Waals surface area contributed by atoms with Gasteiger partial charge in [0.05, 0.1) is 5.69 Å². The van der Waals surface area contributed by atoms with E-state index in [2.05, 4.69) is 0 Å². The van der Waals surface area contributed by atoms with Crippen LogP contribution in [0, 0.1) is 0 Å². The molecule has 0 bridgehead atoms. The second kappa shape index (κ2) is 6.25. The minimum atomic E-state index is -1.07. The smallest absolute Gasteiger partial charge is 0.323 e. The molecule has 2 rings (SSSR count). The number of likely N-dealkylation sites (N-methyl/N-ethyl adjacent to an activating group) is 1. The zero-order valence-corrected chi connectivity index (χ0v) is 11.6. The van der Waals surface area contributed by atoms with Gasteiger partial charge in [0.25, 0.3) is 5.91 Å². The first-order chi connectivity index (χ1) is 9.99. The van der Waals surface area contributed by atoms with Gasteiger partial charge in [0.2, 0.25) is 5.91 Å². The van der Waals surface area contributed by atoms with Gasteiger partial charge < -0.3 is 19.6 Å². The second-order valence-corrected chi connectivity index (χ2v) is 4.70. The van der Waals surface area contributed by atoms with Gasteiger partial charge in [-0.3, -0.25) is 14.4 Å². The van der Waals surface area contributed by atoms with Gasteiger partial charge in [-0.2, -0.15) is 0 Å². The van der Waals surface area contributed by atoms with E-state index in [4.69, 9.17) is 9.84 Å². The molecule has 21 heavy (non-hydrogen) atoms. The van der Waals surface area contributed by atoms with Crippen LogP contribution >= 0.6 is 0 Å². The number of para-hydroxylation sites is 2. The molecule has 2 amide bonds. The number of hydrogen-bond donors (Lipinski definition) is 1. The summed E-state index contributed by atoms with van der Waals surface area (Å²) in [5.74, 6) is -1.02. The third kappa shape index (κ3) is 3.50. The van der Waals surface area contributed by atoms with Crippen molar-refractivity contribution in [3.63, 3.8) is 0 Å². The molecule has 0 atom stereocenters. The molecular weight excluding hydrogens is 276 g/mol. The molecule has 0 radical (unpaired) electrons. The van der Waals surface area contributed by atoms with E-state index in [1.54, 1.807) is 24.3 Å². The van der Waals surface area contributed by atoms with Gasteiger partial charge in [0, 0.05) is 20.0 Å². The number of carboxylic acids is 1. The summed E-state index contributed by atoms with van der Waals surface area (Å²) in [6.07, 6.45) is 0.0594. The maximum atomic E-state index is 11.9. The lowest BCUT2D eigenvalue weighted by molar-refractivity contribution is -0.143. The van der Waals surface area contributed by atoms with E-state index < -0.39 is 5.97 Å². The predicted octanol–water partition coefficient (Wildman–Crippen LogP) is 0.345. The molecule has 1 aliphatic rings. The Morgan fingerprint density at radius 3 is 2.81 bits per heavy atom. The van der Waals surface area contributed by atoms with Crippen LogP contribution in [0.25, 0.3) is 0 Å². The minimum Gasteiger partial charge on any atom is -0.482 e. The van der Waals surface area contributed by atoms with Crippen molar-refractivity contribution in [3.8, 4) is 5.75 Å². The quantitative estimate of drug-likeness (QED) is 0.846. The average Bonchev–Trinajstić information content (AvgIpc) is 2.45. The fourth-order valence-corrected chi connectivity index (χ4v) is 2.09. The Morgan fingerprint density at radius 1 is 1.38 bits per heavy atom. The molecule has 0 saturated heterocycles. The third-order valence-electron chi connectivity index (χ3n) is 3.16. The summed E-state index contributed by atoms with van der Waals surface area (Å²) in [6, 6.07) is 7.09. The van der Waals surface area contributed by atoms with Gasteiger partial charge in [-0.25, -0.2) is 0 Å². The highest BCUT2D eigenvalue weighted by atomic mass is 16.5. The van der Waals surface area contributed by atoms with Crippen molar-refractivity contribution in [1.29, 1.82) is 0 Å². The summed E-state index contributed by atoms with van der Waals surface area (Å²) in [5.41, 5.74) is 0.627. The topological polar surface area (TPSA) is 87.2 Å². The van der Waals surface area contributed by atoms with Crippen LogP contribution in [0.2, 0.25) is 0 Å². The van der Waals surface area contributed by atoms with Gasteiger partial charge in [0.1, 0.15) is 12.3 Å². The van der Waals surface area contributed by atoms with Crippen LogP contribution in [0.15, 0.2) is 24.3 Å². The number of carbonyl (C=O) groups excluding carboxylic acids is 2. The summed E-state index contributed by atoms with van der Waals surface area (Å²) < 4.78 is 5.31. The van der Waals surface area contributed by atoms with E-state index in [9.17, 15) is 14.4 Å². The number of carboxylic acid groups (broad SMARTS) is 1. The van der Waals surface area contributed by atoms with Crippen LogP contribution in [0.5, 0.6) is 5.75 Å². The summed E-state index contributed by atoms with van der Waals surface area (Å²) >= 11 is 0. The van der Waals surface area contributed by atoms with Crippen molar-refractivity contribution >= 4 is 23.5 Å². The van der Waals surface area contributed by atoms with E-state index in [-0.39, 0.29) is 37.9 Å². The number of carbonyl (C=O) groups is 3. The highest BCUT2D eigenvalue weighted by Crippen LogP contribution is 2.31. The van der Waals surface area contributed by atoms with Crippen LogP contribution in [-0.2, 0) is 14.4 Å². The number of aliphatic carboxylic acids is 1. The number of benzene rings is 1. The molecule has 0 unspecified atom stereocenters. The van der Waals surface area contributed by atoms with Crippen molar-refractivity contribution < 1.29 is 24.2 Å². The molecule has 1 aromatic carbocycles. The number of nitrogens with zero attached hydrogens (tertiary/aromatic N) is 2. The molecule has 1 aliphatic heterocycles. The monoisotopic (exact) mass is 292 g/mol. The van der Waals surface area contributed by atoms with Gasteiger partial charge in [-0.15, -0.1) is 0 Å². The molecule has 7 heteroatoms. The standard InChI is InChI=1S/C14H16N2O5/c1-15(8-14(19)20)12(17)6-7-16-10-4-2-3-5-11(10)21-9-13(16)18/h2-5H,6-9H2,1H3,(H,19,20). The Balaban J connectivity index is 2.01. The fraction of sp³-hybridized carbons (Fsp3) is 0.357. The highest BCUT2D eigenvalue weighted by molar-refractivity contribution is 5.98.